The molecule has 51 heavy (non-hydrogen) atoms. The Kier molecular flexibility index (Phi) is 13.6. The molecule has 282 valence electrons. The first kappa shape index (κ1) is 40.3. The second-order valence-electron chi connectivity index (χ2n) is 14.4. The van der Waals surface area contributed by atoms with E-state index in [4.69, 9.17) is 15.2 Å². The molecule has 3 aromatic heterocycles. The predicted molar refractivity (Wildman–Crippen MR) is 187 cm³/mol. The average Bonchev–Trinajstić information content (AvgIpc) is 3.66. The van der Waals surface area contributed by atoms with Crippen LogP contribution in [0.5, 0.6) is 5.88 Å². The highest BCUT2D eigenvalue weighted by atomic mass is 16.6. The van der Waals surface area contributed by atoms with E-state index in [-0.39, 0.29) is 48.1 Å². The number of aromatic nitrogens is 5. The van der Waals surface area contributed by atoms with Gasteiger partial charge in [-0.2, -0.15) is 0 Å². The summed E-state index contributed by atoms with van der Waals surface area (Å²) in [6, 6.07) is 0.829. The first-order valence-corrected chi connectivity index (χ1v) is 16.9. The lowest BCUT2D eigenvalue weighted by atomic mass is 10.0. The number of imidazole rings is 2. The second kappa shape index (κ2) is 17.2. The maximum Gasteiger partial charge on any atom is 0.410 e. The molecule has 17 heteroatoms. The number of ether oxygens (including phenoxy) is 3. The van der Waals surface area contributed by atoms with E-state index in [9.17, 15) is 29.1 Å². The normalized spacial score (nSPS) is 17.7. The molecule has 5 N–H and O–H groups in total. The van der Waals surface area contributed by atoms with Crippen molar-refractivity contribution in [2.24, 2.45) is 0 Å². The predicted octanol–water partition coefficient (Wildman–Crippen LogP) is 4.78. The Balaban J connectivity index is 0.000000232. The minimum absolute atomic E-state index is 0.0200. The number of esters is 1. The number of carbonyl (C=O) groups excluding carboxylic acids is 4. The highest BCUT2D eigenvalue weighted by molar-refractivity contribution is 5.94. The minimum atomic E-state index is -0.568. The third-order valence-corrected chi connectivity index (χ3v) is 7.66. The number of aromatic amines is 2. The van der Waals surface area contributed by atoms with Gasteiger partial charge < -0.3 is 30.0 Å². The number of amides is 2. The summed E-state index contributed by atoms with van der Waals surface area (Å²) in [5.74, 6) is -0.198. The maximum atomic E-state index is 12.5. The minimum Gasteiger partial charge on any atom is -0.494 e. The first-order chi connectivity index (χ1) is 23.8. The van der Waals surface area contributed by atoms with Gasteiger partial charge in [0.1, 0.15) is 23.4 Å². The third kappa shape index (κ3) is 12.3. The number of nitrogen functional groups attached to an aromatic ring is 1. The van der Waals surface area contributed by atoms with Crippen LogP contribution >= 0.6 is 0 Å². The fraction of sp³-hybridized carbons (Fsp3) is 0.618. The Hall–Kier alpha value is -5.09. The summed E-state index contributed by atoms with van der Waals surface area (Å²) in [7, 11) is 1.26. The zero-order valence-corrected chi connectivity index (χ0v) is 30.8. The van der Waals surface area contributed by atoms with E-state index in [1.807, 2.05) is 41.5 Å². The molecule has 0 aliphatic carbocycles. The molecule has 2 aliphatic rings. The SMILES string of the molecule is CC(C)(C)OC(=O)N1CCCC[C@H]1c1cn2c(O)cc(=O)[nH]c2n1.CC(C)(C)OC(=O)N1CCCC[C@H]1c1cnc(N)[nH]1.COC(=O)CC(C)=O. The Morgan fingerprint density at radius 3 is 1.94 bits per heavy atom. The molecule has 0 unspecified atom stereocenters. The lowest BCUT2D eigenvalue weighted by Gasteiger charge is -2.36. The molecule has 0 bridgehead atoms. The number of carbonyl (C=O) groups is 4. The number of aromatic hydroxyl groups is 1. The fourth-order valence-electron chi connectivity index (χ4n) is 5.52. The topological polar surface area (TPSA) is 228 Å². The number of rotatable bonds is 4. The van der Waals surface area contributed by atoms with Crippen LogP contribution in [-0.2, 0) is 23.8 Å². The van der Waals surface area contributed by atoms with Crippen LogP contribution in [0.2, 0.25) is 0 Å². The van der Waals surface area contributed by atoms with Crippen molar-refractivity contribution in [2.45, 2.75) is 117 Å². The number of anilines is 1. The molecular weight excluding hydrogens is 664 g/mol. The zero-order valence-electron chi connectivity index (χ0n) is 30.8. The molecule has 2 amide bonds. The number of hydrogen-bond donors (Lipinski definition) is 4. The van der Waals surface area contributed by atoms with Gasteiger partial charge in [0.05, 0.1) is 42.8 Å². The molecule has 2 saturated heterocycles. The summed E-state index contributed by atoms with van der Waals surface area (Å²) >= 11 is 0. The van der Waals surface area contributed by atoms with Gasteiger partial charge in [-0.25, -0.2) is 19.6 Å². The van der Waals surface area contributed by atoms with E-state index in [0.717, 1.165) is 50.3 Å². The van der Waals surface area contributed by atoms with Crippen LogP contribution in [0, 0.1) is 0 Å². The molecule has 2 fully saturated rings. The highest BCUT2D eigenvalue weighted by Crippen LogP contribution is 2.33. The fourth-order valence-corrected chi connectivity index (χ4v) is 5.52. The number of nitrogens with one attached hydrogen (secondary N) is 2. The number of piperidine rings is 2. The van der Waals surface area contributed by atoms with Crippen LogP contribution < -0.4 is 11.3 Å². The number of likely N-dealkylation sites (tertiary alicyclic amines) is 2. The number of Topliss-reactive ketones (excluding diaryl/α,β-unsaturated/α-hetero) is 1. The van der Waals surface area contributed by atoms with Gasteiger partial charge in [-0.15, -0.1) is 0 Å². The zero-order chi connectivity index (χ0) is 38.1. The van der Waals surface area contributed by atoms with Gasteiger partial charge in [0.25, 0.3) is 5.56 Å². The van der Waals surface area contributed by atoms with Crippen LogP contribution in [0.4, 0.5) is 15.5 Å². The van der Waals surface area contributed by atoms with E-state index in [0.29, 0.717) is 24.7 Å². The molecule has 0 saturated carbocycles. The van der Waals surface area contributed by atoms with Crippen molar-refractivity contribution in [2.75, 3.05) is 25.9 Å². The van der Waals surface area contributed by atoms with Crippen LogP contribution in [0.1, 0.15) is 117 Å². The summed E-state index contributed by atoms with van der Waals surface area (Å²) < 4.78 is 16.6. The average molecular weight is 717 g/mol. The summed E-state index contributed by atoms with van der Waals surface area (Å²) in [6.07, 6.45) is 8.21. The Morgan fingerprint density at radius 2 is 1.47 bits per heavy atom. The molecule has 0 radical (unpaired) electrons. The molecular formula is C34H52N8O9. The monoisotopic (exact) mass is 716 g/mol. The Bertz CT molecular complexity index is 1720. The van der Waals surface area contributed by atoms with Crippen LogP contribution in [-0.4, -0.2) is 94.6 Å². The van der Waals surface area contributed by atoms with Crippen LogP contribution in [0.15, 0.2) is 23.3 Å². The molecule has 5 rings (SSSR count). The van der Waals surface area contributed by atoms with E-state index < -0.39 is 22.7 Å². The van der Waals surface area contributed by atoms with E-state index in [1.165, 1.54) is 18.4 Å². The van der Waals surface area contributed by atoms with Crippen molar-refractivity contribution in [3.05, 3.63) is 40.2 Å². The lowest BCUT2D eigenvalue weighted by molar-refractivity contribution is -0.142. The smallest absolute Gasteiger partial charge is 0.410 e. The van der Waals surface area contributed by atoms with Crippen molar-refractivity contribution in [1.82, 2.24) is 34.1 Å². The summed E-state index contributed by atoms with van der Waals surface area (Å²) in [6.45, 7) is 13.8. The van der Waals surface area contributed by atoms with Crippen molar-refractivity contribution >= 4 is 35.7 Å². The Morgan fingerprint density at radius 1 is 0.922 bits per heavy atom. The van der Waals surface area contributed by atoms with Gasteiger partial charge in [0, 0.05) is 19.3 Å². The number of nitrogens with zero attached hydrogens (tertiary/aromatic N) is 5. The third-order valence-electron chi connectivity index (χ3n) is 7.66. The van der Waals surface area contributed by atoms with Crippen LogP contribution in [0.3, 0.4) is 0 Å². The molecule has 3 aromatic rings. The number of nitrogens with two attached hydrogens (primary N) is 1. The van der Waals surface area contributed by atoms with Crippen molar-refractivity contribution in [3.8, 4) is 5.88 Å². The number of ketones is 1. The van der Waals surface area contributed by atoms with E-state index in [2.05, 4.69) is 24.7 Å². The molecule has 5 heterocycles. The molecule has 0 spiro atoms. The van der Waals surface area contributed by atoms with Crippen molar-refractivity contribution in [3.63, 3.8) is 0 Å². The van der Waals surface area contributed by atoms with E-state index in [1.54, 1.807) is 22.2 Å². The highest BCUT2D eigenvalue weighted by Gasteiger charge is 2.34. The van der Waals surface area contributed by atoms with Gasteiger partial charge in [-0.1, -0.05) is 0 Å². The van der Waals surface area contributed by atoms with Crippen molar-refractivity contribution in [1.29, 1.82) is 0 Å². The standard InChI is InChI=1S/C16H22N4O4.C13H22N4O2.C5H8O3/c1-16(2,3)24-15(23)19-7-5-4-6-11(19)10-9-20-13(22)8-12(21)18-14(20)17-10;1-13(2,3)19-12(18)17-7-5-4-6-10(17)9-8-15-11(14)16-9;1-4(6)3-5(7)8-2/h8-9,11,22H,4-7H2,1-3H3,(H,17,18,21);8,10H,4-7H2,1-3H3,(H3,14,15,16);3H2,1-2H3/t11-;10-;/m00./s1. The van der Waals surface area contributed by atoms with Crippen molar-refractivity contribution < 1.29 is 38.5 Å². The number of fused-ring (bicyclic) bond motifs is 1. The van der Waals surface area contributed by atoms with Gasteiger partial charge in [0.2, 0.25) is 11.7 Å². The maximum absolute atomic E-state index is 12.5. The Labute approximate surface area is 296 Å². The molecule has 0 aromatic carbocycles. The van der Waals surface area contributed by atoms with Gasteiger partial charge in [-0.3, -0.25) is 33.6 Å². The number of methoxy groups -OCH3 is 1. The number of H-pyrrole nitrogens is 2. The van der Waals surface area contributed by atoms with Crippen LogP contribution in [0.25, 0.3) is 5.78 Å². The van der Waals surface area contributed by atoms with E-state index >= 15 is 0 Å². The summed E-state index contributed by atoms with van der Waals surface area (Å²) in [5.41, 5.74) is 5.63. The first-order valence-electron chi connectivity index (χ1n) is 16.9. The summed E-state index contributed by atoms with van der Waals surface area (Å²) in [5, 5.41) is 9.89. The number of hydrogen-bond acceptors (Lipinski definition) is 12. The second-order valence-corrected chi connectivity index (χ2v) is 14.4. The molecule has 17 nitrogen and oxygen atoms in total. The lowest BCUT2D eigenvalue weighted by Crippen LogP contribution is -2.42. The largest absolute Gasteiger partial charge is 0.494 e. The summed E-state index contributed by atoms with van der Waals surface area (Å²) in [4.78, 5) is 73.9. The molecule has 2 aliphatic heterocycles. The molecule has 2 atom stereocenters. The quantitative estimate of drug-likeness (QED) is 0.162. The van der Waals surface area contributed by atoms with Gasteiger partial charge in [0.15, 0.2) is 5.95 Å². The van der Waals surface area contributed by atoms with Gasteiger partial charge >= 0.3 is 18.2 Å². The van der Waals surface area contributed by atoms with Gasteiger partial charge in [-0.05, 0) is 87.0 Å².